The van der Waals surface area contributed by atoms with Gasteiger partial charge >= 0.3 is 5.97 Å². The molecule has 126 valence electrons. The molecule has 1 aliphatic heterocycles. The summed E-state index contributed by atoms with van der Waals surface area (Å²) < 4.78 is 5.13. The van der Waals surface area contributed by atoms with Crippen molar-refractivity contribution in [2.75, 3.05) is 20.2 Å². The number of carbonyl (C=O) groups excluding carboxylic acids is 1. The monoisotopic (exact) mass is 337 g/mol. The van der Waals surface area contributed by atoms with E-state index in [1.165, 1.54) is 11.8 Å². The van der Waals surface area contributed by atoms with Gasteiger partial charge in [-0.3, -0.25) is 9.59 Å². The lowest BCUT2D eigenvalue weighted by molar-refractivity contribution is -0.148. The molecular formula is C17H23NO4S. The van der Waals surface area contributed by atoms with Crippen molar-refractivity contribution < 1.29 is 19.4 Å². The van der Waals surface area contributed by atoms with Crippen LogP contribution >= 0.6 is 11.8 Å². The number of carboxylic acid groups (broad SMARTS) is 1. The van der Waals surface area contributed by atoms with Gasteiger partial charge in [-0.1, -0.05) is 6.92 Å². The summed E-state index contributed by atoms with van der Waals surface area (Å²) in [6, 6.07) is 7.62. The minimum atomic E-state index is -0.759. The molecule has 2 rings (SSSR count). The summed E-state index contributed by atoms with van der Waals surface area (Å²) in [6.07, 6.45) is 0.530. The van der Waals surface area contributed by atoms with Crippen molar-refractivity contribution >= 4 is 23.6 Å². The maximum Gasteiger partial charge on any atom is 0.306 e. The molecule has 5 nitrogen and oxygen atoms in total. The number of carboxylic acids is 1. The summed E-state index contributed by atoms with van der Waals surface area (Å²) in [5.74, 6) is -0.253. The molecule has 3 unspecified atom stereocenters. The Morgan fingerprint density at radius 1 is 1.35 bits per heavy atom. The van der Waals surface area contributed by atoms with Crippen LogP contribution in [0.15, 0.2) is 29.2 Å². The van der Waals surface area contributed by atoms with Crippen LogP contribution in [0.3, 0.4) is 0 Å². The van der Waals surface area contributed by atoms with Gasteiger partial charge in [0.1, 0.15) is 5.75 Å². The van der Waals surface area contributed by atoms with Gasteiger partial charge in [0.15, 0.2) is 0 Å². The molecule has 0 aromatic heterocycles. The minimum absolute atomic E-state index is 0.0108. The largest absolute Gasteiger partial charge is 0.497 e. The highest BCUT2D eigenvalue weighted by molar-refractivity contribution is 8.00. The first-order valence-electron chi connectivity index (χ1n) is 7.74. The van der Waals surface area contributed by atoms with Crippen molar-refractivity contribution in [2.45, 2.75) is 30.4 Å². The van der Waals surface area contributed by atoms with Gasteiger partial charge in [0.25, 0.3) is 0 Å². The van der Waals surface area contributed by atoms with Crippen LogP contribution in [0.2, 0.25) is 0 Å². The molecule has 1 fully saturated rings. The molecule has 0 aliphatic carbocycles. The van der Waals surface area contributed by atoms with E-state index in [0.717, 1.165) is 10.6 Å². The van der Waals surface area contributed by atoms with E-state index in [0.29, 0.717) is 19.5 Å². The highest BCUT2D eigenvalue weighted by Gasteiger charge is 2.34. The lowest BCUT2D eigenvalue weighted by atomic mass is 9.87. The molecule has 1 amide bonds. The zero-order valence-electron chi connectivity index (χ0n) is 13.7. The Hall–Kier alpha value is -1.69. The summed E-state index contributed by atoms with van der Waals surface area (Å²) in [5.41, 5.74) is 0. The topological polar surface area (TPSA) is 66.8 Å². The van der Waals surface area contributed by atoms with Gasteiger partial charge in [-0.25, -0.2) is 0 Å². The molecule has 1 heterocycles. The van der Waals surface area contributed by atoms with E-state index in [9.17, 15) is 9.59 Å². The Morgan fingerprint density at radius 3 is 2.52 bits per heavy atom. The number of piperidine rings is 1. The standard InChI is InChI=1S/C17H23NO4S/c1-11-10-18(9-8-15(11)17(20)21)16(19)12(2)23-14-6-4-13(22-3)5-7-14/h4-7,11-12,15H,8-10H2,1-3H3,(H,20,21). The van der Waals surface area contributed by atoms with Crippen LogP contribution in [0.1, 0.15) is 20.3 Å². The smallest absolute Gasteiger partial charge is 0.306 e. The molecule has 0 spiro atoms. The Morgan fingerprint density at radius 2 is 2.00 bits per heavy atom. The van der Waals surface area contributed by atoms with Gasteiger partial charge in [0.2, 0.25) is 5.91 Å². The highest BCUT2D eigenvalue weighted by atomic mass is 32.2. The molecule has 1 aromatic carbocycles. The van der Waals surface area contributed by atoms with Crippen molar-refractivity contribution in [3.05, 3.63) is 24.3 Å². The van der Waals surface area contributed by atoms with Gasteiger partial charge in [0.05, 0.1) is 18.3 Å². The molecule has 23 heavy (non-hydrogen) atoms. The number of thioether (sulfide) groups is 1. The average molecular weight is 337 g/mol. The molecule has 0 bridgehead atoms. The van der Waals surface area contributed by atoms with Crippen molar-refractivity contribution in [1.82, 2.24) is 4.90 Å². The molecule has 1 N–H and O–H groups in total. The van der Waals surface area contributed by atoms with E-state index in [-0.39, 0.29) is 23.0 Å². The number of methoxy groups -OCH3 is 1. The van der Waals surface area contributed by atoms with E-state index < -0.39 is 5.97 Å². The molecule has 0 radical (unpaired) electrons. The fraction of sp³-hybridized carbons (Fsp3) is 0.529. The number of nitrogens with zero attached hydrogens (tertiary/aromatic N) is 1. The van der Waals surface area contributed by atoms with Crippen LogP contribution in [-0.2, 0) is 9.59 Å². The molecule has 3 atom stereocenters. The predicted octanol–water partition coefficient (Wildman–Crippen LogP) is 2.75. The Balaban J connectivity index is 1.93. The van der Waals surface area contributed by atoms with Crippen molar-refractivity contribution in [1.29, 1.82) is 0 Å². The third-order valence-corrected chi connectivity index (χ3v) is 5.35. The lowest BCUT2D eigenvalue weighted by Gasteiger charge is -2.36. The summed E-state index contributed by atoms with van der Waals surface area (Å²) in [6.45, 7) is 4.83. The summed E-state index contributed by atoms with van der Waals surface area (Å²) >= 11 is 1.51. The van der Waals surface area contributed by atoms with Gasteiger partial charge < -0.3 is 14.7 Å². The SMILES string of the molecule is COc1ccc(SC(C)C(=O)N2CCC(C(=O)O)C(C)C2)cc1. The van der Waals surface area contributed by atoms with E-state index in [1.54, 1.807) is 12.0 Å². The quantitative estimate of drug-likeness (QED) is 0.837. The van der Waals surface area contributed by atoms with Gasteiger partial charge in [-0.05, 0) is 43.5 Å². The minimum Gasteiger partial charge on any atom is -0.497 e. The summed E-state index contributed by atoms with van der Waals surface area (Å²) in [7, 11) is 1.62. The molecule has 1 aromatic rings. The molecule has 6 heteroatoms. The van der Waals surface area contributed by atoms with Crippen LogP contribution in [-0.4, -0.2) is 47.3 Å². The molecule has 1 saturated heterocycles. The van der Waals surface area contributed by atoms with Crippen LogP contribution in [0, 0.1) is 11.8 Å². The maximum absolute atomic E-state index is 12.6. The van der Waals surface area contributed by atoms with Gasteiger partial charge in [-0.2, -0.15) is 0 Å². The van der Waals surface area contributed by atoms with Gasteiger partial charge in [0, 0.05) is 18.0 Å². The zero-order chi connectivity index (χ0) is 17.0. The number of rotatable bonds is 5. The highest BCUT2D eigenvalue weighted by Crippen LogP contribution is 2.29. The number of likely N-dealkylation sites (tertiary alicyclic amines) is 1. The van der Waals surface area contributed by atoms with E-state index in [4.69, 9.17) is 9.84 Å². The third kappa shape index (κ3) is 4.41. The van der Waals surface area contributed by atoms with Crippen LogP contribution < -0.4 is 4.74 Å². The van der Waals surface area contributed by atoms with E-state index in [2.05, 4.69) is 0 Å². The number of hydrogen-bond acceptors (Lipinski definition) is 4. The number of carbonyl (C=O) groups is 2. The fourth-order valence-electron chi connectivity index (χ4n) is 2.88. The first kappa shape index (κ1) is 17.7. The number of ether oxygens (including phenoxy) is 1. The van der Waals surface area contributed by atoms with Crippen molar-refractivity contribution in [3.63, 3.8) is 0 Å². The fourth-order valence-corrected chi connectivity index (χ4v) is 3.83. The number of benzene rings is 1. The molecular weight excluding hydrogens is 314 g/mol. The second kappa shape index (κ2) is 7.73. The number of aliphatic carboxylic acids is 1. The van der Waals surface area contributed by atoms with Crippen molar-refractivity contribution in [2.24, 2.45) is 11.8 Å². The normalized spacial score (nSPS) is 22.5. The first-order valence-corrected chi connectivity index (χ1v) is 8.62. The Labute approximate surface area is 141 Å². The van der Waals surface area contributed by atoms with Crippen LogP contribution in [0.25, 0.3) is 0 Å². The van der Waals surface area contributed by atoms with Crippen molar-refractivity contribution in [3.8, 4) is 5.75 Å². The number of hydrogen-bond donors (Lipinski definition) is 1. The lowest BCUT2D eigenvalue weighted by Crippen LogP contribution is -2.47. The Kier molecular flexibility index (Phi) is 5.93. The number of amides is 1. The van der Waals surface area contributed by atoms with E-state index >= 15 is 0 Å². The third-order valence-electron chi connectivity index (χ3n) is 4.25. The zero-order valence-corrected chi connectivity index (χ0v) is 14.5. The summed E-state index contributed by atoms with van der Waals surface area (Å²) in [4.78, 5) is 26.5. The van der Waals surface area contributed by atoms with E-state index in [1.807, 2.05) is 38.1 Å². The predicted molar refractivity (Wildman–Crippen MR) is 89.8 cm³/mol. The van der Waals surface area contributed by atoms with Gasteiger partial charge in [-0.15, -0.1) is 11.8 Å². The summed E-state index contributed by atoms with van der Waals surface area (Å²) in [5, 5.41) is 8.97. The molecule has 1 aliphatic rings. The maximum atomic E-state index is 12.6. The first-order chi connectivity index (χ1) is 10.9. The molecule has 0 saturated carbocycles. The van der Waals surface area contributed by atoms with Crippen LogP contribution in [0.5, 0.6) is 5.75 Å². The second-order valence-electron chi connectivity index (χ2n) is 5.93. The Bertz CT molecular complexity index is 560. The second-order valence-corrected chi connectivity index (χ2v) is 7.34. The average Bonchev–Trinajstić information content (AvgIpc) is 2.54. The van der Waals surface area contributed by atoms with Crippen LogP contribution in [0.4, 0.5) is 0 Å².